The van der Waals surface area contributed by atoms with E-state index in [2.05, 4.69) is 12.2 Å². The summed E-state index contributed by atoms with van der Waals surface area (Å²) in [5.74, 6) is 0.125. The van der Waals surface area contributed by atoms with Gasteiger partial charge in [0, 0.05) is 11.6 Å². The van der Waals surface area contributed by atoms with E-state index in [1.165, 1.54) is 18.6 Å². The number of halogens is 3. The highest BCUT2D eigenvalue weighted by Gasteiger charge is 2.30. The van der Waals surface area contributed by atoms with Crippen LogP contribution >= 0.6 is 0 Å². The monoisotopic (exact) mass is 285 g/mol. The lowest BCUT2D eigenvalue weighted by Gasteiger charge is -2.29. The highest BCUT2D eigenvalue weighted by molar-refractivity contribution is 5.94. The van der Waals surface area contributed by atoms with E-state index < -0.39 is 11.7 Å². The topological polar surface area (TPSA) is 29.1 Å². The maximum Gasteiger partial charge on any atom is 0.416 e. The molecule has 1 aromatic rings. The zero-order valence-electron chi connectivity index (χ0n) is 11.3. The summed E-state index contributed by atoms with van der Waals surface area (Å²) >= 11 is 0. The lowest BCUT2D eigenvalue weighted by atomic mass is 9.86. The summed E-state index contributed by atoms with van der Waals surface area (Å²) in [6.45, 7) is 2.09. The SMILES string of the molecule is C[C@@H]1CCCC[C@H]1NC(=O)c1ccc(C(F)(F)F)cc1. The summed E-state index contributed by atoms with van der Waals surface area (Å²) in [5, 5.41) is 2.92. The van der Waals surface area contributed by atoms with Crippen molar-refractivity contribution < 1.29 is 18.0 Å². The van der Waals surface area contributed by atoms with Crippen LogP contribution in [-0.4, -0.2) is 11.9 Å². The highest BCUT2D eigenvalue weighted by atomic mass is 19.4. The van der Waals surface area contributed by atoms with Gasteiger partial charge in [0.2, 0.25) is 0 Å². The van der Waals surface area contributed by atoms with E-state index in [1.54, 1.807) is 0 Å². The number of amides is 1. The molecular weight excluding hydrogens is 267 g/mol. The van der Waals surface area contributed by atoms with E-state index in [-0.39, 0.29) is 17.5 Å². The van der Waals surface area contributed by atoms with Crippen LogP contribution in [0.15, 0.2) is 24.3 Å². The molecule has 1 fully saturated rings. The third-order valence-electron chi connectivity index (χ3n) is 3.90. The van der Waals surface area contributed by atoms with Crippen LogP contribution in [0.2, 0.25) is 0 Å². The number of benzene rings is 1. The van der Waals surface area contributed by atoms with Crippen molar-refractivity contribution in [2.75, 3.05) is 0 Å². The van der Waals surface area contributed by atoms with E-state index in [9.17, 15) is 18.0 Å². The second-order valence-electron chi connectivity index (χ2n) is 5.42. The molecule has 2 nitrogen and oxygen atoms in total. The van der Waals surface area contributed by atoms with Crippen molar-refractivity contribution in [3.8, 4) is 0 Å². The second-order valence-corrected chi connectivity index (χ2v) is 5.42. The van der Waals surface area contributed by atoms with Crippen LogP contribution < -0.4 is 5.32 Å². The first-order valence-corrected chi connectivity index (χ1v) is 6.86. The number of nitrogens with one attached hydrogen (secondary N) is 1. The molecule has 0 radical (unpaired) electrons. The number of alkyl halides is 3. The molecule has 110 valence electrons. The van der Waals surface area contributed by atoms with Crippen LogP contribution in [0.4, 0.5) is 13.2 Å². The molecule has 0 heterocycles. The molecule has 1 aliphatic carbocycles. The van der Waals surface area contributed by atoms with Gasteiger partial charge in [0.25, 0.3) is 5.91 Å². The molecule has 1 aromatic carbocycles. The fourth-order valence-electron chi connectivity index (χ4n) is 2.59. The molecule has 1 amide bonds. The number of carbonyl (C=O) groups excluding carboxylic acids is 1. The zero-order valence-corrected chi connectivity index (χ0v) is 11.3. The Balaban J connectivity index is 2.02. The maximum absolute atomic E-state index is 12.4. The number of hydrogen-bond donors (Lipinski definition) is 1. The van der Waals surface area contributed by atoms with E-state index in [4.69, 9.17) is 0 Å². The van der Waals surface area contributed by atoms with Gasteiger partial charge >= 0.3 is 6.18 Å². The van der Waals surface area contributed by atoms with Gasteiger partial charge in [-0.3, -0.25) is 4.79 Å². The second kappa shape index (κ2) is 5.85. The van der Waals surface area contributed by atoms with E-state index in [0.717, 1.165) is 31.4 Å². The van der Waals surface area contributed by atoms with Gasteiger partial charge in [-0.15, -0.1) is 0 Å². The van der Waals surface area contributed by atoms with Gasteiger partial charge in [-0.2, -0.15) is 13.2 Å². The number of rotatable bonds is 2. The Morgan fingerprint density at radius 2 is 1.75 bits per heavy atom. The molecule has 0 spiro atoms. The molecule has 1 saturated carbocycles. The van der Waals surface area contributed by atoms with Gasteiger partial charge in [0.05, 0.1) is 5.56 Å². The smallest absolute Gasteiger partial charge is 0.349 e. The van der Waals surface area contributed by atoms with Crippen molar-refractivity contribution in [1.82, 2.24) is 5.32 Å². The Morgan fingerprint density at radius 3 is 2.30 bits per heavy atom. The fraction of sp³-hybridized carbons (Fsp3) is 0.533. The molecule has 2 atom stereocenters. The van der Waals surface area contributed by atoms with Gasteiger partial charge in [0.1, 0.15) is 0 Å². The van der Waals surface area contributed by atoms with E-state index >= 15 is 0 Å². The van der Waals surface area contributed by atoms with Gasteiger partial charge in [-0.25, -0.2) is 0 Å². The van der Waals surface area contributed by atoms with Crippen molar-refractivity contribution in [3.63, 3.8) is 0 Å². The summed E-state index contributed by atoms with van der Waals surface area (Å²) in [7, 11) is 0. The lowest BCUT2D eigenvalue weighted by molar-refractivity contribution is -0.137. The third-order valence-corrected chi connectivity index (χ3v) is 3.90. The normalized spacial score (nSPS) is 23.4. The Kier molecular flexibility index (Phi) is 4.35. The lowest BCUT2D eigenvalue weighted by Crippen LogP contribution is -2.41. The van der Waals surface area contributed by atoms with Crippen LogP contribution in [0.3, 0.4) is 0 Å². The van der Waals surface area contributed by atoms with Crippen LogP contribution in [0.25, 0.3) is 0 Å². The summed E-state index contributed by atoms with van der Waals surface area (Å²) in [6, 6.07) is 4.47. The van der Waals surface area contributed by atoms with Crippen molar-refractivity contribution in [3.05, 3.63) is 35.4 Å². The average molecular weight is 285 g/mol. The Labute approximate surface area is 116 Å². The molecule has 5 heteroatoms. The zero-order chi connectivity index (χ0) is 14.8. The first-order chi connectivity index (χ1) is 9.38. The standard InChI is InChI=1S/C15H18F3NO/c1-10-4-2-3-5-13(10)19-14(20)11-6-8-12(9-7-11)15(16,17)18/h6-10,13H,2-5H2,1H3,(H,19,20)/t10-,13-/m1/s1. The molecule has 0 aromatic heterocycles. The molecule has 20 heavy (non-hydrogen) atoms. The van der Waals surface area contributed by atoms with Crippen molar-refractivity contribution in [1.29, 1.82) is 0 Å². The fourth-order valence-corrected chi connectivity index (χ4v) is 2.59. The Morgan fingerprint density at radius 1 is 1.15 bits per heavy atom. The summed E-state index contributed by atoms with van der Waals surface area (Å²) in [4.78, 5) is 12.0. The molecule has 2 rings (SSSR count). The van der Waals surface area contributed by atoms with Crippen LogP contribution in [0.1, 0.15) is 48.5 Å². The van der Waals surface area contributed by atoms with Gasteiger partial charge in [0.15, 0.2) is 0 Å². The van der Waals surface area contributed by atoms with Crippen molar-refractivity contribution in [2.24, 2.45) is 5.92 Å². The Bertz CT molecular complexity index is 467. The van der Waals surface area contributed by atoms with Crippen molar-refractivity contribution in [2.45, 2.75) is 44.8 Å². The Hall–Kier alpha value is -1.52. The third kappa shape index (κ3) is 3.52. The molecule has 0 saturated heterocycles. The minimum Gasteiger partial charge on any atom is -0.349 e. The summed E-state index contributed by atoms with van der Waals surface area (Å²) in [6.07, 6.45) is -0.0888. The molecular formula is C15H18F3NO. The van der Waals surface area contributed by atoms with Gasteiger partial charge in [-0.1, -0.05) is 19.8 Å². The summed E-state index contributed by atoms with van der Waals surface area (Å²) < 4.78 is 37.3. The first-order valence-electron chi connectivity index (χ1n) is 6.86. The summed E-state index contributed by atoms with van der Waals surface area (Å²) in [5.41, 5.74) is -0.462. The minimum absolute atomic E-state index is 0.124. The van der Waals surface area contributed by atoms with Crippen LogP contribution in [0.5, 0.6) is 0 Å². The maximum atomic E-state index is 12.4. The first kappa shape index (κ1) is 14.9. The molecule has 0 unspecified atom stereocenters. The molecule has 0 bridgehead atoms. The quantitative estimate of drug-likeness (QED) is 0.874. The molecule has 0 aliphatic heterocycles. The number of hydrogen-bond acceptors (Lipinski definition) is 1. The largest absolute Gasteiger partial charge is 0.416 e. The van der Waals surface area contributed by atoms with E-state index in [1.807, 2.05) is 0 Å². The highest BCUT2D eigenvalue weighted by Crippen LogP contribution is 2.29. The predicted octanol–water partition coefficient (Wildman–Crippen LogP) is 4.01. The van der Waals surface area contributed by atoms with Crippen LogP contribution in [0, 0.1) is 5.92 Å². The van der Waals surface area contributed by atoms with Gasteiger partial charge in [-0.05, 0) is 43.0 Å². The van der Waals surface area contributed by atoms with Crippen molar-refractivity contribution >= 4 is 5.91 Å². The molecule has 1 N–H and O–H groups in total. The molecule has 1 aliphatic rings. The van der Waals surface area contributed by atoms with E-state index in [0.29, 0.717) is 5.92 Å². The minimum atomic E-state index is -4.37. The number of carbonyl (C=O) groups is 1. The van der Waals surface area contributed by atoms with Crippen LogP contribution in [-0.2, 0) is 6.18 Å². The van der Waals surface area contributed by atoms with Gasteiger partial charge < -0.3 is 5.32 Å². The average Bonchev–Trinajstić information content (AvgIpc) is 2.40. The predicted molar refractivity (Wildman–Crippen MR) is 70.3 cm³/mol.